The smallest absolute Gasteiger partial charge is 0.245 e. The average molecular weight is 458 g/mol. The third kappa shape index (κ3) is 4.40. The van der Waals surface area contributed by atoms with Crippen LogP contribution in [0.2, 0.25) is 0 Å². The molecule has 0 fully saturated rings. The number of sulfonamides is 1. The predicted molar refractivity (Wildman–Crippen MR) is 89.8 cm³/mol. The van der Waals surface area contributed by atoms with Crippen molar-refractivity contribution in [2.75, 3.05) is 6.54 Å². The Morgan fingerprint density at radius 2 is 2.10 bits per heavy atom. The zero-order valence-electron chi connectivity index (χ0n) is 11.2. The van der Waals surface area contributed by atoms with Crippen LogP contribution in [0.4, 0.5) is 0 Å². The molecule has 21 heavy (non-hydrogen) atoms. The Balaban J connectivity index is 2.12. The molecule has 2 aromatic rings. The fraction of sp³-hybridized carbons (Fsp3) is 0.333. The Bertz CT molecular complexity index is 710. The zero-order chi connectivity index (χ0) is 15.5. The second kappa shape index (κ2) is 7.38. The standard InChI is InChI=1S/C12H14Br2N2O3S2/c1-2-15-6-8-5-11(12(14)19-8)21(17,18)16-7-10-9(13)3-4-20-10/h3-5,15-16H,2,6-7H2,1H3. The quantitative estimate of drug-likeness (QED) is 0.667. The first-order valence-electron chi connectivity index (χ1n) is 6.14. The first-order valence-corrected chi connectivity index (χ1v) is 10.1. The van der Waals surface area contributed by atoms with Crippen LogP contribution in [0.3, 0.4) is 0 Å². The summed E-state index contributed by atoms with van der Waals surface area (Å²) in [6.07, 6.45) is 0. The molecule has 0 aromatic carbocycles. The molecule has 0 amide bonds. The predicted octanol–water partition coefficient (Wildman–Crippen LogP) is 3.45. The van der Waals surface area contributed by atoms with Crippen LogP contribution in [0.15, 0.2) is 36.0 Å². The van der Waals surface area contributed by atoms with Gasteiger partial charge in [0.05, 0.1) is 6.54 Å². The van der Waals surface area contributed by atoms with Crippen LogP contribution in [0.25, 0.3) is 0 Å². The number of furan rings is 1. The molecule has 0 aliphatic heterocycles. The van der Waals surface area contributed by atoms with Crippen molar-refractivity contribution in [2.45, 2.75) is 24.9 Å². The van der Waals surface area contributed by atoms with Gasteiger partial charge in [0.15, 0.2) is 4.67 Å². The monoisotopic (exact) mass is 456 g/mol. The van der Waals surface area contributed by atoms with Crippen molar-refractivity contribution >= 4 is 53.2 Å². The molecule has 0 atom stereocenters. The van der Waals surface area contributed by atoms with Crippen molar-refractivity contribution in [1.82, 2.24) is 10.0 Å². The molecule has 0 saturated carbocycles. The molecule has 2 rings (SSSR count). The highest BCUT2D eigenvalue weighted by Crippen LogP contribution is 2.27. The van der Waals surface area contributed by atoms with E-state index in [1.165, 1.54) is 17.4 Å². The molecule has 0 spiro atoms. The Kier molecular flexibility index (Phi) is 6.04. The summed E-state index contributed by atoms with van der Waals surface area (Å²) in [5, 5.41) is 4.98. The minimum atomic E-state index is -3.62. The van der Waals surface area contributed by atoms with Crippen molar-refractivity contribution in [3.8, 4) is 0 Å². The van der Waals surface area contributed by atoms with Crippen LogP contribution < -0.4 is 10.0 Å². The number of nitrogens with one attached hydrogen (secondary N) is 2. The Morgan fingerprint density at radius 1 is 1.33 bits per heavy atom. The van der Waals surface area contributed by atoms with E-state index < -0.39 is 10.0 Å². The Labute approximate surface area is 144 Å². The Morgan fingerprint density at radius 3 is 2.71 bits per heavy atom. The van der Waals surface area contributed by atoms with E-state index in [9.17, 15) is 8.42 Å². The van der Waals surface area contributed by atoms with Crippen molar-refractivity contribution in [2.24, 2.45) is 0 Å². The first kappa shape index (κ1) is 17.2. The SMILES string of the molecule is CCNCc1cc(S(=O)(=O)NCc2sccc2Br)c(Br)o1. The highest BCUT2D eigenvalue weighted by atomic mass is 79.9. The van der Waals surface area contributed by atoms with E-state index in [-0.39, 0.29) is 16.1 Å². The van der Waals surface area contributed by atoms with Crippen molar-refractivity contribution in [3.05, 3.63) is 37.3 Å². The highest BCUT2D eigenvalue weighted by Gasteiger charge is 2.22. The third-order valence-corrected chi connectivity index (χ3v) is 6.84. The van der Waals surface area contributed by atoms with Gasteiger partial charge in [-0.2, -0.15) is 0 Å². The molecule has 0 unspecified atom stereocenters. The third-order valence-electron chi connectivity index (χ3n) is 2.66. The fourth-order valence-electron chi connectivity index (χ4n) is 1.61. The normalized spacial score (nSPS) is 12.0. The van der Waals surface area contributed by atoms with Gasteiger partial charge in [-0.15, -0.1) is 11.3 Å². The lowest BCUT2D eigenvalue weighted by molar-refractivity contribution is 0.464. The van der Waals surface area contributed by atoms with Crippen LogP contribution >= 0.6 is 43.2 Å². The second-order valence-corrected chi connectivity index (χ2v) is 8.46. The second-order valence-electron chi connectivity index (χ2n) is 4.15. The molecule has 0 saturated heterocycles. The summed E-state index contributed by atoms with van der Waals surface area (Å²) in [5.74, 6) is 0.571. The first-order chi connectivity index (χ1) is 9.94. The van der Waals surface area contributed by atoms with Gasteiger partial charge in [0.1, 0.15) is 10.7 Å². The lowest BCUT2D eigenvalue weighted by atomic mass is 10.4. The van der Waals surface area contributed by atoms with E-state index >= 15 is 0 Å². The van der Waals surface area contributed by atoms with Crippen molar-refractivity contribution < 1.29 is 12.8 Å². The van der Waals surface area contributed by atoms with E-state index in [2.05, 4.69) is 41.9 Å². The maximum atomic E-state index is 12.3. The van der Waals surface area contributed by atoms with Crippen LogP contribution in [0.1, 0.15) is 17.6 Å². The molecular weight excluding hydrogens is 444 g/mol. The maximum absolute atomic E-state index is 12.3. The van der Waals surface area contributed by atoms with E-state index in [0.29, 0.717) is 12.3 Å². The fourth-order valence-corrected chi connectivity index (χ4v) is 5.12. The molecule has 2 heterocycles. The molecule has 0 radical (unpaired) electrons. The molecule has 0 bridgehead atoms. The zero-order valence-corrected chi connectivity index (χ0v) is 16.0. The van der Waals surface area contributed by atoms with E-state index in [4.69, 9.17) is 4.42 Å². The number of halogens is 2. The minimum absolute atomic E-state index is 0.114. The number of thiophene rings is 1. The molecular formula is C12H14Br2N2O3S2. The molecule has 116 valence electrons. The number of hydrogen-bond donors (Lipinski definition) is 2. The van der Waals surface area contributed by atoms with Gasteiger partial charge in [0.2, 0.25) is 10.0 Å². The van der Waals surface area contributed by atoms with E-state index in [1.807, 2.05) is 18.4 Å². The van der Waals surface area contributed by atoms with Gasteiger partial charge in [-0.3, -0.25) is 0 Å². The van der Waals surface area contributed by atoms with Gasteiger partial charge in [0, 0.05) is 22.0 Å². The average Bonchev–Trinajstić information content (AvgIpc) is 3.00. The summed E-state index contributed by atoms with van der Waals surface area (Å²) in [7, 11) is -3.62. The summed E-state index contributed by atoms with van der Waals surface area (Å²) in [6, 6.07) is 3.41. The van der Waals surface area contributed by atoms with Crippen LogP contribution in [0, 0.1) is 0 Å². The van der Waals surface area contributed by atoms with Crippen LogP contribution in [0.5, 0.6) is 0 Å². The largest absolute Gasteiger partial charge is 0.452 e. The van der Waals surface area contributed by atoms with Crippen molar-refractivity contribution in [1.29, 1.82) is 0 Å². The maximum Gasteiger partial charge on any atom is 0.245 e. The topological polar surface area (TPSA) is 71.3 Å². The molecule has 2 aromatic heterocycles. The lowest BCUT2D eigenvalue weighted by Gasteiger charge is -2.04. The highest BCUT2D eigenvalue weighted by molar-refractivity contribution is 9.10. The van der Waals surface area contributed by atoms with Gasteiger partial charge in [-0.1, -0.05) is 6.92 Å². The Hall–Kier alpha value is -0.190. The van der Waals surface area contributed by atoms with Gasteiger partial charge >= 0.3 is 0 Å². The summed E-state index contributed by atoms with van der Waals surface area (Å²) in [6.45, 7) is 3.48. The van der Waals surface area contributed by atoms with Gasteiger partial charge in [-0.25, -0.2) is 13.1 Å². The van der Waals surface area contributed by atoms with Gasteiger partial charge in [0.25, 0.3) is 0 Å². The summed E-state index contributed by atoms with van der Waals surface area (Å²) in [5.41, 5.74) is 0. The van der Waals surface area contributed by atoms with E-state index in [1.54, 1.807) is 0 Å². The van der Waals surface area contributed by atoms with Crippen LogP contribution in [-0.2, 0) is 23.1 Å². The van der Waals surface area contributed by atoms with Gasteiger partial charge < -0.3 is 9.73 Å². The molecule has 9 heteroatoms. The van der Waals surface area contributed by atoms with E-state index in [0.717, 1.165) is 15.9 Å². The summed E-state index contributed by atoms with van der Waals surface area (Å²) >= 11 is 8.02. The summed E-state index contributed by atoms with van der Waals surface area (Å²) < 4.78 is 33.7. The minimum Gasteiger partial charge on any atom is -0.452 e. The number of rotatable bonds is 7. The van der Waals surface area contributed by atoms with Crippen molar-refractivity contribution in [3.63, 3.8) is 0 Å². The van der Waals surface area contributed by atoms with Gasteiger partial charge in [-0.05, 0) is 49.9 Å². The molecule has 5 nitrogen and oxygen atoms in total. The summed E-state index contributed by atoms with van der Waals surface area (Å²) in [4.78, 5) is 1.04. The molecule has 0 aliphatic rings. The number of hydrogen-bond acceptors (Lipinski definition) is 5. The van der Waals surface area contributed by atoms with Crippen LogP contribution in [-0.4, -0.2) is 15.0 Å². The molecule has 0 aliphatic carbocycles. The lowest BCUT2D eigenvalue weighted by Crippen LogP contribution is -2.22. The molecule has 2 N–H and O–H groups in total.